The molecule has 0 heterocycles. The molecule has 0 radical (unpaired) electrons. The summed E-state index contributed by atoms with van der Waals surface area (Å²) in [6, 6.07) is 3.78. The molecule has 0 aliphatic heterocycles. The van der Waals surface area contributed by atoms with Gasteiger partial charge in [0.15, 0.2) is 10.5 Å². The fourth-order valence-corrected chi connectivity index (χ4v) is 4.37. The van der Waals surface area contributed by atoms with E-state index in [-0.39, 0.29) is 12.8 Å². The number of hydrogen-bond acceptors (Lipinski definition) is 5. The van der Waals surface area contributed by atoms with Gasteiger partial charge in [0.2, 0.25) is 9.84 Å². The maximum absolute atomic E-state index is 13.7. The van der Waals surface area contributed by atoms with Gasteiger partial charge in [-0.1, -0.05) is 0 Å². The van der Waals surface area contributed by atoms with Crippen molar-refractivity contribution in [1.82, 2.24) is 0 Å². The highest BCUT2D eigenvalue weighted by Crippen LogP contribution is 2.51. The van der Waals surface area contributed by atoms with Crippen LogP contribution in [0.15, 0.2) is 23.1 Å². The van der Waals surface area contributed by atoms with Crippen LogP contribution in [0.4, 0.5) is 8.78 Å². The normalized spacial score (nSPS) is 19.6. The molecular weight excluding hydrogens is 304 g/mol. The third-order valence-electron chi connectivity index (χ3n) is 3.75. The van der Waals surface area contributed by atoms with E-state index in [1.165, 1.54) is 14.2 Å². The number of nitriles is 1. The Labute approximate surface area is 121 Å². The van der Waals surface area contributed by atoms with Crippen LogP contribution >= 0.6 is 0 Å². The van der Waals surface area contributed by atoms with Gasteiger partial charge >= 0.3 is 0 Å². The van der Waals surface area contributed by atoms with Crippen molar-refractivity contribution in [3.05, 3.63) is 29.8 Å². The Kier molecular flexibility index (Phi) is 3.78. The first-order valence-corrected chi connectivity index (χ1v) is 7.45. The van der Waals surface area contributed by atoms with Gasteiger partial charge in [0.05, 0.1) is 6.07 Å². The van der Waals surface area contributed by atoms with E-state index in [0.29, 0.717) is 12.1 Å². The molecule has 0 unspecified atom stereocenters. The largest absolute Gasteiger partial charge is 0.353 e. The lowest BCUT2D eigenvalue weighted by atomic mass is 9.78. The van der Waals surface area contributed by atoms with Crippen LogP contribution < -0.4 is 0 Å². The number of methoxy groups -OCH3 is 2. The lowest BCUT2D eigenvalue weighted by Gasteiger charge is -2.49. The van der Waals surface area contributed by atoms with E-state index >= 15 is 0 Å². The molecule has 8 heteroatoms. The van der Waals surface area contributed by atoms with Crippen LogP contribution in [0, 0.1) is 23.0 Å². The molecule has 1 aliphatic rings. The van der Waals surface area contributed by atoms with Gasteiger partial charge in [0, 0.05) is 27.1 Å². The van der Waals surface area contributed by atoms with Crippen molar-refractivity contribution in [3.63, 3.8) is 0 Å². The Bertz CT molecular complexity index is 699. The first-order chi connectivity index (χ1) is 9.76. The Morgan fingerprint density at radius 1 is 1.24 bits per heavy atom. The highest BCUT2D eigenvalue weighted by atomic mass is 32.2. The second kappa shape index (κ2) is 5.02. The number of sulfone groups is 1. The Morgan fingerprint density at radius 3 is 2.29 bits per heavy atom. The Balaban J connectivity index is 2.49. The maximum atomic E-state index is 13.7. The molecule has 1 aromatic carbocycles. The summed E-state index contributed by atoms with van der Waals surface area (Å²) in [5.41, 5.74) is 0. The number of ether oxygens (including phenoxy) is 2. The van der Waals surface area contributed by atoms with Crippen LogP contribution in [0.2, 0.25) is 0 Å². The molecule has 0 spiro atoms. The highest BCUT2D eigenvalue weighted by molar-refractivity contribution is 7.93. The van der Waals surface area contributed by atoms with Crippen molar-refractivity contribution < 1.29 is 26.7 Å². The third-order valence-corrected chi connectivity index (χ3v) is 6.06. The summed E-state index contributed by atoms with van der Waals surface area (Å²) in [7, 11) is -1.76. The zero-order valence-electron chi connectivity index (χ0n) is 11.4. The summed E-state index contributed by atoms with van der Waals surface area (Å²) in [4.78, 5) is -0.829. The fourth-order valence-electron chi connectivity index (χ4n) is 2.41. The number of rotatable bonds is 4. The van der Waals surface area contributed by atoms with Gasteiger partial charge in [-0.15, -0.1) is 0 Å². The molecule has 21 heavy (non-hydrogen) atoms. The van der Waals surface area contributed by atoms with Gasteiger partial charge in [-0.3, -0.25) is 0 Å². The molecule has 1 saturated carbocycles. The predicted molar refractivity (Wildman–Crippen MR) is 67.9 cm³/mol. The fraction of sp³-hybridized carbons (Fsp3) is 0.462. The average Bonchev–Trinajstić information content (AvgIpc) is 2.42. The van der Waals surface area contributed by atoms with Crippen LogP contribution in [0.3, 0.4) is 0 Å². The van der Waals surface area contributed by atoms with E-state index in [4.69, 9.17) is 9.47 Å². The molecule has 0 atom stereocenters. The summed E-state index contributed by atoms with van der Waals surface area (Å²) in [5, 5.41) is 9.26. The molecule has 1 aromatic rings. The SMILES string of the molecule is COC1(OC)CC(C#N)(S(=O)(=O)c2cc(F)ccc2F)C1. The topological polar surface area (TPSA) is 76.4 Å². The summed E-state index contributed by atoms with van der Waals surface area (Å²) in [6.45, 7) is 0. The van der Waals surface area contributed by atoms with Crippen LogP contribution in [0.5, 0.6) is 0 Å². The summed E-state index contributed by atoms with van der Waals surface area (Å²) in [6.07, 6.45) is -0.552. The minimum Gasteiger partial charge on any atom is -0.353 e. The van der Waals surface area contributed by atoms with Crippen molar-refractivity contribution in [2.45, 2.75) is 28.3 Å². The van der Waals surface area contributed by atoms with Gasteiger partial charge in [0.25, 0.3) is 0 Å². The maximum Gasteiger partial charge on any atom is 0.200 e. The molecular formula is C13H13F2NO4S. The van der Waals surface area contributed by atoms with Crippen LogP contribution in [0.25, 0.3) is 0 Å². The molecule has 1 fully saturated rings. The molecule has 0 amide bonds. The second-order valence-corrected chi connectivity index (χ2v) is 7.08. The predicted octanol–water partition coefficient (Wildman–Crippen LogP) is 1.78. The van der Waals surface area contributed by atoms with Crippen molar-refractivity contribution in [1.29, 1.82) is 5.26 Å². The highest BCUT2D eigenvalue weighted by Gasteiger charge is 2.64. The van der Waals surface area contributed by atoms with Crippen LogP contribution in [0.1, 0.15) is 12.8 Å². The number of nitrogens with zero attached hydrogens (tertiary/aromatic N) is 1. The molecule has 114 valence electrons. The molecule has 2 rings (SSSR count). The molecule has 5 nitrogen and oxygen atoms in total. The van der Waals surface area contributed by atoms with Gasteiger partial charge < -0.3 is 9.47 Å². The van der Waals surface area contributed by atoms with Gasteiger partial charge in [-0.05, 0) is 18.2 Å². The standard InChI is InChI=1S/C13H13F2NO4S/c1-19-13(20-2)6-12(7-13,8-16)21(17,18)11-5-9(14)3-4-10(11)15/h3-5H,6-7H2,1-2H3. The van der Waals surface area contributed by atoms with Crippen molar-refractivity contribution in [3.8, 4) is 6.07 Å². The lowest BCUT2D eigenvalue weighted by molar-refractivity contribution is -0.256. The lowest BCUT2D eigenvalue weighted by Crippen LogP contribution is -2.61. The van der Waals surface area contributed by atoms with E-state index in [1.54, 1.807) is 6.07 Å². The van der Waals surface area contributed by atoms with Gasteiger partial charge in [-0.25, -0.2) is 17.2 Å². The molecule has 0 N–H and O–H groups in total. The van der Waals surface area contributed by atoms with Gasteiger partial charge in [-0.2, -0.15) is 5.26 Å². The number of hydrogen-bond donors (Lipinski definition) is 0. The van der Waals surface area contributed by atoms with Crippen LogP contribution in [-0.2, 0) is 19.3 Å². The van der Waals surface area contributed by atoms with Crippen molar-refractivity contribution in [2.75, 3.05) is 14.2 Å². The van der Waals surface area contributed by atoms with E-state index in [9.17, 15) is 22.5 Å². The van der Waals surface area contributed by atoms with Crippen LogP contribution in [-0.4, -0.2) is 33.2 Å². The minimum atomic E-state index is -4.39. The van der Waals surface area contributed by atoms with E-state index in [1.807, 2.05) is 0 Å². The summed E-state index contributed by atoms with van der Waals surface area (Å²) in [5.74, 6) is -3.20. The molecule has 0 saturated heterocycles. The van der Waals surface area contributed by atoms with Gasteiger partial charge in [0.1, 0.15) is 16.5 Å². The first kappa shape index (κ1) is 15.8. The smallest absolute Gasteiger partial charge is 0.200 e. The number of benzene rings is 1. The number of halogens is 2. The zero-order chi connectivity index (χ0) is 15.9. The summed E-state index contributed by atoms with van der Waals surface area (Å²) < 4.78 is 60.2. The first-order valence-electron chi connectivity index (χ1n) is 5.97. The second-order valence-electron chi connectivity index (χ2n) is 4.86. The van der Waals surface area contributed by atoms with E-state index in [2.05, 4.69) is 0 Å². The third kappa shape index (κ3) is 2.21. The van der Waals surface area contributed by atoms with Crippen molar-refractivity contribution >= 4 is 9.84 Å². The zero-order valence-corrected chi connectivity index (χ0v) is 12.2. The van der Waals surface area contributed by atoms with Crippen molar-refractivity contribution in [2.24, 2.45) is 0 Å². The quantitative estimate of drug-likeness (QED) is 0.791. The minimum absolute atomic E-state index is 0.276. The molecule has 0 aromatic heterocycles. The molecule has 1 aliphatic carbocycles. The van der Waals surface area contributed by atoms with E-state index in [0.717, 1.165) is 6.07 Å². The van der Waals surface area contributed by atoms with E-state index < -0.39 is 36.9 Å². The Hall–Kier alpha value is -1.56. The monoisotopic (exact) mass is 317 g/mol. The average molecular weight is 317 g/mol. The summed E-state index contributed by atoms with van der Waals surface area (Å²) >= 11 is 0. The molecule has 0 bridgehead atoms. The Morgan fingerprint density at radius 2 is 1.81 bits per heavy atom.